The zero-order chi connectivity index (χ0) is 24.5. The molecule has 10 nitrogen and oxygen atoms in total. The van der Waals surface area contributed by atoms with E-state index in [2.05, 4.69) is 20.3 Å². The Morgan fingerprint density at radius 2 is 2.06 bits per heavy atom. The molecular weight excluding hydrogens is 475 g/mol. The van der Waals surface area contributed by atoms with Crippen molar-refractivity contribution in [1.82, 2.24) is 24.8 Å². The maximum Gasteiger partial charge on any atom is 0.341 e. The van der Waals surface area contributed by atoms with Crippen LogP contribution in [0, 0.1) is 11.7 Å². The molecule has 0 aromatic carbocycles. The van der Waals surface area contributed by atoms with E-state index in [0.717, 1.165) is 18.0 Å². The van der Waals surface area contributed by atoms with Gasteiger partial charge in [-0.2, -0.15) is 0 Å². The fourth-order valence-corrected chi connectivity index (χ4v) is 4.51. The van der Waals surface area contributed by atoms with E-state index in [0.29, 0.717) is 18.1 Å². The van der Waals surface area contributed by atoms with Crippen molar-refractivity contribution in [3.05, 3.63) is 75.5 Å². The summed E-state index contributed by atoms with van der Waals surface area (Å²) in [5.74, 6) is -2.67. The Morgan fingerprint density at radius 1 is 1.23 bits per heavy atom. The second-order valence-electron chi connectivity index (χ2n) is 7.99. The number of carboxylic acid groups (broad SMARTS) is 1. The third-order valence-electron chi connectivity index (χ3n) is 5.73. The number of rotatable bonds is 7. The van der Waals surface area contributed by atoms with Gasteiger partial charge in [0.05, 0.1) is 11.3 Å². The third-order valence-corrected chi connectivity index (χ3v) is 6.50. The highest BCUT2D eigenvalue weighted by Gasteiger charge is 2.35. The number of carboxylic acids is 1. The fourth-order valence-electron chi connectivity index (χ4n) is 3.89. The number of carbonyl (C=O) groups is 2. The van der Waals surface area contributed by atoms with Gasteiger partial charge < -0.3 is 15.3 Å². The smallest absolute Gasteiger partial charge is 0.341 e. The molecule has 4 aromatic heterocycles. The second-order valence-corrected chi connectivity index (χ2v) is 8.86. The average Bonchev–Trinajstić information content (AvgIpc) is 3.34. The van der Waals surface area contributed by atoms with Gasteiger partial charge in [0.15, 0.2) is 22.4 Å². The first-order valence-corrected chi connectivity index (χ1v) is 11.6. The molecule has 1 aliphatic rings. The summed E-state index contributed by atoms with van der Waals surface area (Å²) in [5.41, 5.74) is -0.363. The molecule has 35 heavy (non-hydrogen) atoms. The summed E-state index contributed by atoms with van der Waals surface area (Å²) in [6.45, 7) is 0.972. The molecule has 12 heteroatoms. The summed E-state index contributed by atoms with van der Waals surface area (Å²) in [6.07, 6.45) is 4.98. The Labute approximate surface area is 201 Å². The van der Waals surface area contributed by atoms with Gasteiger partial charge in [0.1, 0.15) is 5.56 Å². The van der Waals surface area contributed by atoms with Gasteiger partial charge in [-0.1, -0.05) is 6.07 Å². The van der Waals surface area contributed by atoms with Crippen LogP contribution in [0.1, 0.15) is 16.1 Å². The molecule has 0 spiro atoms. The van der Waals surface area contributed by atoms with E-state index in [1.165, 1.54) is 22.1 Å². The maximum atomic E-state index is 15.0. The number of anilines is 1. The van der Waals surface area contributed by atoms with Crippen molar-refractivity contribution in [2.75, 3.05) is 24.5 Å². The van der Waals surface area contributed by atoms with Crippen LogP contribution in [0.15, 0.2) is 53.0 Å². The number of hydrogen-bond donors (Lipinski definition) is 2. The molecule has 5 rings (SSSR count). The molecule has 0 atom stereocenters. The van der Waals surface area contributed by atoms with E-state index in [-0.39, 0.29) is 41.8 Å². The lowest BCUT2D eigenvalue weighted by Crippen LogP contribution is -2.54. The molecule has 0 bridgehead atoms. The molecule has 5 heterocycles. The van der Waals surface area contributed by atoms with E-state index < -0.39 is 22.8 Å². The first kappa shape index (κ1) is 22.6. The molecule has 2 N–H and O–H groups in total. The first-order chi connectivity index (χ1) is 16.9. The van der Waals surface area contributed by atoms with Crippen molar-refractivity contribution < 1.29 is 19.1 Å². The van der Waals surface area contributed by atoms with Crippen LogP contribution in [0.5, 0.6) is 0 Å². The lowest BCUT2D eigenvalue weighted by atomic mass is 9.99. The van der Waals surface area contributed by atoms with Gasteiger partial charge in [0.25, 0.3) is 0 Å². The maximum absolute atomic E-state index is 15.0. The predicted molar refractivity (Wildman–Crippen MR) is 127 cm³/mol. The minimum atomic E-state index is -1.42. The number of halogens is 1. The van der Waals surface area contributed by atoms with Crippen LogP contribution in [0.25, 0.3) is 16.2 Å². The first-order valence-electron chi connectivity index (χ1n) is 10.7. The Balaban J connectivity index is 1.36. The van der Waals surface area contributed by atoms with E-state index in [1.807, 2.05) is 18.2 Å². The Kier molecular flexibility index (Phi) is 5.95. The summed E-state index contributed by atoms with van der Waals surface area (Å²) in [4.78, 5) is 51.0. The molecule has 0 unspecified atom stereocenters. The highest BCUT2D eigenvalue weighted by molar-refractivity contribution is 7.12. The second kappa shape index (κ2) is 9.22. The number of hydrogen-bond acceptors (Lipinski definition) is 8. The summed E-state index contributed by atoms with van der Waals surface area (Å²) in [5, 5.41) is 14.2. The van der Waals surface area contributed by atoms with Gasteiger partial charge in [0.2, 0.25) is 11.3 Å². The van der Waals surface area contributed by atoms with Gasteiger partial charge in [0, 0.05) is 55.7 Å². The standard InChI is InChI=1S/C23H19FN6O4S/c24-17-9-15-18(31)16(22(33)34)12-30(23-27-7-8-35-23)19(15)28-20(17)29-10-13(11-29)21(32)26-6-4-14-3-1-2-5-25-14/h1-3,5,7-9,12-13H,4,6,10-11H2,(H,26,32)(H,33,34). The summed E-state index contributed by atoms with van der Waals surface area (Å²) in [7, 11) is 0. The largest absolute Gasteiger partial charge is 0.477 e. The minimum Gasteiger partial charge on any atom is -0.477 e. The summed E-state index contributed by atoms with van der Waals surface area (Å²) >= 11 is 1.22. The van der Waals surface area contributed by atoms with Crippen LogP contribution >= 0.6 is 11.3 Å². The summed E-state index contributed by atoms with van der Waals surface area (Å²) < 4.78 is 16.3. The molecule has 1 amide bonds. The third kappa shape index (κ3) is 4.35. The average molecular weight is 495 g/mol. The number of nitrogens with zero attached hydrogens (tertiary/aromatic N) is 5. The van der Waals surface area contributed by atoms with Crippen LogP contribution in [-0.4, -0.2) is 56.1 Å². The van der Waals surface area contributed by atoms with Crippen LogP contribution in [0.2, 0.25) is 0 Å². The van der Waals surface area contributed by atoms with Gasteiger partial charge in [-0.05, 0) is 18.2 Å². The van der Waals surface area contributed by atoms with Gasteiger partial charge in [-0.15, -0.1) is 11.3 Å². The Morgan fingerprint density at radius 3 is 2.74 bits per heavy atom. The molecule has 1 fully saturated rings. The van der Waals surface area contributed by atoms with E-state index in [4.69, 9.17) is 0 Å². The van der Waals surface area contributed by atoms with Gasteiger partial charge >= 0.3 is 5.97 Å². The number of nitrogens with one attached hydrogen (secondary N) is 1. The lowest BCUT2D eigenvalue weighted by molar-refractivity contribution is -0.125. The fraction of sp³-hybridized carbons (Fsp3) is 0.217. The molecule has 0 aliphatic carbocycles. The Bertz CT molecular complexity index is 1470. The molecule has 4 aromatic rings. The molecule has 0 saturated carbocycles. The van der Waals surface area contributed by atoms with Crippen molar-refractivity contribution in [3.8, 4) is 5.13 Å². The number of amides is 1. The van der Waals surface area contributed by atoms with E-state index in [1.54, 1.807) is 16.5 Å². The van der Waals surface area contributed by atoms with Gasteiger partial charge in [-0.25, -0.2) is 19.2 Å². The number of aromatic carboxylic acids is 1. The topological polar surface area (TPSA) is 130 Å². The number of aromatic nitrogens is 4. The quantitative estimate of drug-likeness (QED) is 0.398. The SMILES string of the molecule is O=C(O)c1cn(-c2nccs2)c2nc(N3CC(C(=O)NCCc4ccccn4)C3)c(F)cc2c1=O. The molecule has 178 valence electrons. The summed E-state index contributed by atoms with van der Waals surface area (Å²) in [6, 6.07) is 6.59. The minimum absolute atomic E-state index is 0.0113. The number of pyridine rings is 3. The van der Waals surface area contributed by atoms with E-state index in [9.17, 15) is 23.9 Å². The Hall–Kier alpha value is -4.19. The highest BCUT2D eigenvalue weighted by Crippen LogP contribution is 2.29. The van der Waals surface area contributed by atoms with Crippen molar-refractivity contribution in [1.29, 1.82) is 0 Å². The molecule has 1 saturated heterocycles. The zero-order valence-corrected chi connectivity index (χ0v) is 19.0. The van der Waals surface area contributed by atoms with Crippen LogP contribution in [0.4, 0.5) is 10.2 Å². The highest BCUT2D eigenvalue weighted by atomic mass is 32.1. The normalized spacial score (nSPS) is 13.6. The van der Waals surface area contributed by atoms with Crippen molar-refractivity contribution in [3.63, 3.8) is 0 Å². The van der Waals surface area contributed by atoms with Crippen molar-refractivity contribution >= 4 is 40.1 Å². The van der Waals surface area contributed by atoms with E-state index >= 15 is 0 Å². The number of thiazole rings is 1. The number of carbonyl (C=O) groups excluding carboxylic acids is 1. The van der Waals surface area contributed by atoms with Gasteiger partial charge in [-0.3, -0.25) is 19.1 Å². The van der Waals surface area contributed by atoms with Crippen molar-refractivity contribution in [2.45, 2.75) is 6.42 Å². The zero-order valence-electron chi connectivity index (χ0n) is 18.2. The van der Waals surface area contributed by atoms with Crippen LogP contribution in [-0.2, 0) is 11.2 Å². The van der Waals surface area contributed by atoms with Crippen molar-refractivity contribution in [2.24, 2.45) is 5.92 Å². The molecule has 1 aliphatic heterocycles. The monoisotopic (exact) mass is 494 g/mol. The van der Waals surface area contributed by atoms with Crippen LogP contribution < -0.4 is 15.6 Å². The lowest BCUT2D eigenvalue weighted by Gasteiger charge is -2.39. The number of fused-ring (bicyclic) bond motifs is 1. The molecular formula is C23H19FN6O4S. The molecule has 0 radical (unpaired) electrons. The van der Waals surface area contributed by atoms with Crippen LogP contribution in [0.3, 0.4) is 0 Å². The predicted octanol–water partition coefficient (Wildman–Crippen LogP) is 1.87.